The summed E-state index contributed by atoms with van der Waals surface area (Å²) < 4.78 is 33.4. The molecule has 0 aromatic rings. The molecule has 55 heavy (non-hydrogen) atoms. The number of carboxylic acids is 1. The molecule has 324 valence electrons. The molecule has 0 spiro atoms. The number of phosphoric ester groups is 1. The van der Waals surface area contributed by atoms with E-state index >= 15 is 0 Å². The van der Waals surface area contributed by atoms with Crippen LogP contribution >= 0.6 is 7.82 Å². The van der Waals surface area contributed by atoms with Crippen LogP contribution in [0.5, 0.6) is 0 Å². The zero-order valence-corrected chi connectivity index (χ0v) is 36.2. The Morgan fingerprint density at radius 1 is 0.582 bits per heavy atom. The second-order valence-corrected chi connectivity index (χ2v) is 16.6. The molecule has 3 unspecified atom stereocenters. The van der Waals surface area contributed by atoms with Gasteiger partial charge in [-0.05, 0) is 44.9 Å². The van der Waals surface area contributed by atoms with Gasteiger partial charge in [-0.3, -0.25) is 18.6 Å². The Balaban J connectivity index is 4.20. The molecule has 0 aromatic carbocycles. The average Bonchev–Trinajstić information content (AvgIpc) is 3.16. The predicted molar refractivity (Wildman–Crippen MR) is 226 cm³/mol. The van der Waals surface area contributed by atoms with Crippen LogP contribution < -0.4 is 5.73 Å². The van der Waals surface area contributed by atoms with Crippen LogP contribution in [0.2, 0.25) is 0 Å². The summed E-state index contributed by atoms with van der Waals surface area (Å²) in [7, 11) is -4.61. The number of hydrogen-bond donors (Lipinski definition) is 3. The van der Waals surface area contributed by atoms with E-state index in [0.29, 0.717) is 13.0 Å². The Bertz CT molecular complexity index is 977. The van der Waals surface area contributed by atoms with Crippen LogP contribution in [0.4, 0.5) is 0 Å². The van der Waals surface area contributed by atoms with E-state index in [0.717, 1.165) is 51.4 Å². The highest BCUT2D eigenvalue weighted by atomic mass is 31.2. The number of esters is 1. The van der Waals surface area contributed by atoms with E-state index in [2.05, 4.69) is 38.2 Å². The molecule has 0 saturated carbocycles. The van der Waals surface area contributed by atoms with E-state index < -0.39 is 45.1 Å². The third-order valence-electron chi connectivity index (χ3n) is 9.73. The Hall–Kier alpha value is -1.55. The monoisotopic (exact) mass is 802 g/mol. The van der Waals surface area contributed by atoms with Gasteiger partial charge in [0.2, 0.25) is 0 Å². The van der Waals surface area contributed by atoms with Crippen molar-refractivity contribution < 1.29 is 42.7 Å². The van der Waals surface area contributed by atoms with Gasteiger partial charge >= 0.3 is 19.8 Å². The number of unbranched alkanes of at least 4 members (excludes halogenated alkanes) is 25. The molecule has 10 nitrogen and oxygen atoms in total. The first-order valence-electron chi connectivity index (χ1n) is 22.4. The highest BCUT2D eigenvalue weighted by Gasteiger charge is 2.27. The van der Waals surface area contributed by atoms with Gasteiger partial charge in [-0.1, -0.05) is 179 Å². The first kappa shape index (κ1) is 53.5. The zero-order chi connectivity index (χ0) is 40.5. The molecule has 11 heteroatoms. The van der Waals surface area contributed by atoms with E-state index in [1.54, 1.807) is 0 Å². The molecule has 0 aromatic heterocycles. The molecular weight excluding hydrogens is 717 g/mol. The van der Waals surface area contributed by atoms with Crippen LogP contribution in [0.1, 0.15) is 206 Å². The van der Waals surface area contributed by atoms with Crippen LogP contribution in [-0.4, -0.2) is 60.5 Å². The fourth-order valence-electron chi connectivity index (χ4n) is 6.22. The van der Waals surface area contributed by atoms with Crippen LogP contribution in [0.3, 0.4) is 0 Å². The van der Waals surface area contributed by atoms with Crippen molar-refractivity contribution in [2.45, 2.75) is 219 Å². The lowest BCUT2D eigenvalue weighted by Crippen LogP contribution is -2.34. The van der Waals surface area contributed by atoms with Crippen molar-refractivity contribution in [1.82, 2.24) is 0 Å². The number of allylic oxidation sites excluding steroid dienone is 4. The third-order valence-corrected chi connectivity index (χ3v) is 10.7. The second kappa shape index (κ2) is 40.6. The normalized spacial score (nSPS) is 14.1. The number of ether oxygens (including phenoxy) is 2. The summed E-state index contributed by atoms with van der Waals surface area (Å²) in [5.74, 6) is -1.78. The largest absolute Gasteiger partial charge is 0.480 e. The molecule has 3 atom stereocenters. The van der Waals surface area contributed by atoms with Crippen molar-refractivity contribution in [2.75, 3.05) is 26.4 Å². The number of carbonyl (C=O) groups excluding carboxylic acids is 1. The Morgan fingerprint density at radius 2 is 1.00 bits per heavy atom. The van der Waals surface area contributed by atoms with Crippen molar-refractivity contribution >= 4 is 19.8 Å². The summed E-state index contributed by atoms with van der Waals surface area (Å²) in [6.07, 6.45) is 43.6. The van der Waals surface area contributed by atoms with Crippen molar-refractivity contribution in [3.63, 3.8) is 0 Å². The number of nitrogens with two attached hydrogens (primary N) is 1. The molecule has 0 fully saturated rings. The number of rotatable bonds is 43. The van der Waals surface area contributed by atoms with Gasteiger partial charge in [0.15, 0.2) is 0 Å². The maximum Gasteiger partial charge on any atom is 0.472 e. The van der Waals surface area contributed by atoms with Crippen LogP contribution in [0.15, 0.2) is 24.3 Å². The van der Waals surface area contributed by atoms with Gasteiger partial charge in [0.1, 0.15) is 12.1 Å². The summed E-state index contributed by atoms with van der Waals surface area (Å²) in [5.41, 5.74) is 5.36. The summed E-state index contributed by atoms with van der Waals surface area (Å²) in [6, 6.07) is -1.47. The maximum absolute atomic E-state index is 12.6. The molecule has 0 radical (unpaired) electrons. The minimum absolute atomic E-state index is 0.0195. The summed E-state index contributed by atoms with van der Waals surface area (Å²) in [5, 5.41) is 8.89. The number of hydrogen-bond acceptors (Lipinski definition) is 8. The molecule has 0 saturated heterocycles. The number of aliphatic carboxylic acids is 1. The second-order valence-electron chi connectivity index (χ2n) is 15.2. The van der Waals surface area contributed by atoms with Gasteiger partial charge in [0, 0.05) is 13.0 Å². The Kier molecular flexibility index (Phi) is 39.5. The summed E-state index contributed by atoms with van der Waals surface area (Å²) in [6.45, 7) is 3.88. The van der Waals surface area contributed by atoms with Crippen molar-refractivity contribution in [1.29, 1.82) is 0 Å². The van der Waals surface area contributed by atoms with E-state index in [1.165, 1.54) is 128 Å². The standard InChI is InChI=1S/C44H84NO9P/c1-3-5-7-9-11-13-15-17-19-20-21-22-23-24-26-28-30-32-34-36-43(46)54-41(39-52-55(49,50)53-40-42(45)44(47)48)38-51-37-35-33-31-29-27-25-18-16-14-12-10-8-6-4-2/h11,13,17,19,41-42H,3-10,12,14-16,18,20-40,45H2,1-2H3,(H,47,48)(H,49,50)/b13-11-,19-17-. The number of carbonyl (C=O) groups is 2. The quantitative estimate of drug-likeness (QED) is 0.0235. The van der Waals surface area contributed by atoms with Crippen LogP contribution in [0, 0.1) is 0 Å². The molecule has 0 rings (SSSR count). The van der Waals surface area contributed by atoms with Gasteiger partial charge in [0.25, 0.3) is 0 Å². The highest BCUT2D eigenvalue weighted by Crippen LogP contribution is 2.43. The van der Waals surface area contributed by atoms with Crippen LogP contribution in [-0.2, 0) is 32.7 Å². The lowest BCUT2D eigenvalue weighted by molar-refractivity contribution is -0.154. The highest BCUT2D eigenvalue weighted by molar-refractivity contribution is 7.47. The van der Waals surface area contributed by atoms with Gasteiger partial charge in [-0.15, -0.1) is 0 Å². The van der Waals surface area contributed by atoms with Gasteiger partial charge in [-0.2, -0.15) is 0 Å². The first-order valence-corrected chi connectivity index (χ1v) is 23.9. The summed E-state index contributed by atoms with van der Waals surface area (Å²) in [4.78, 5) is 33.5. The van der Waals surface area contributed by atoms with Crippen molar-refractivity contribution in [3.05, 3.63) is 24.3 Å². The van der Waals surface area contributed by atoms with E-state index in [4.69, 9.17) is 29.4 Å². The predicted octanol–water partition coefficient (Wildman–Crippen LogP) is 12.3. The van der Waals surface area contributed by atoms with Crippen molar-refractivity contribution in [2.24, 2.45) is 5.73 Å². The number of carboxylic acid groups (broad SMARTS) is 1. The number of phosphoric acid groups is 1. The first-order chi connectivity index (χ1) is 26.7. The minimum Gasteiger partial charge on any atom is -0.480 e. The lowest BCUT2D eigenvalue weighted by Gasteiger charge is -2.20. The maximum atomic E-state index is 12.6. The topological polar surface area (TPSA) is 155 Å². The van der Waals surface area contributed by atoms with Crippen molar-refractivity contribution in [3.8, 4) is 0 Å². The van der Waals surface area contributed by atoms with E-state index in [1.807, 2.05) is 0 Å². The van der Waals surface area contributed by atoms with Gasteiger partial charge in [0.05, 0.1) is 19.8 Å². The van der Waals surface area contributed by atoms with Crippen LogP contribution in [0.25, 0.3) is 0 Å². The smallest absolute Gasteiger partial charge is 0.472 e. The summed E-state index contributed by atoms with van der Waals surface area (Å²) >= 11 is 0. The molecule has 4 N–H and O–H groups in total. The van der Waals surface area contributed by atoms with E-state index in [9.17, 15) is 19.0 Å². The minimum atomic E-state index is -4.61. The third kappa shape index (κ3) is 40.4. The molecule has 0 aliphatic rings. The molecule has 0 aliphatic carbocycles. The van der Waals surface area contributed by atoms with Gasteiger partial charge < -0.3 is 25.2 Å². The Morgan fingerprint density at radius 3 is 1.51 bits per heavy atom. The molecule has 0 heterocycles. The molecule has 0 amide bonds. The average molecular weight is 802 g/mol. The molecular formula is C44H84NO9P. The van der Waals surface area contributed by atoms with E-state index in [-0.39, 0.29) is 13.0 Å². The lowest BCUT2D eigenvalue weighted by atomic mass is 10.0. The SMILES string of the molecule is CCCCC/C=C\C/C=C\CCCCCCCCCCCC(=O)OC(COCCCCCCCCCCCCCCCC)COP(=O)(O)OCC(N)C(=O)O. The fraction of sp³-hybridized carbons (Fsp3) is 0.864. The molecule has 0 bridgehead atoms. The Labute approximate surface area is 336 Å². The molecule has 0 aliphatic heterocycles. The fourth-order valence-corrected chi connectivity index (χ4v) is 7.00. The van der Waals surface area contributed by atoms with Gasteiger partial charge in [-0.25, -0.2) is 4.57 Å². The zero-order valence-electron chi connectivity index (χ0n) is 35.3.